The average molecular weight is 446 g/mol. The molecular weight excluding hydrogens is 414 g/mol. The third-order valence-corrected chi connectivity index (χ3v) is 6.72. The molecule has 1 atom stereocenters. The number of phenols is 1. The van der Waals surface area contributed by atoms with E-state index in [4.69, 9.17) is 4.98 Å². The van der Waals surface area contributed by atoms with Crippen LogP contribution in [0.15, 0.2) is 36.4 Å². The van der Waals surface area contributed by atoms with Crippen molar-refractivity contribution in [2.45, 2.75) is 39.3 Å². The van der Waals surface area contributed by atoms with Crippen molar-refractivity contribution in [1.82, 2.24) is 35.2 Å². The second-order valence-electron chi connectivity index (χ2n) is 8.93. The molecule has 1 saturated heterocycles. The molecular formula is C25H31N7O. The van der Waals surface area contributed by atoms with Gasteiger partial charge in [-0.15, -0.1) is 0 Å². The van der Waals surface area contributed by atoms with Crippen molar-refractivity contribution in [2.75, 3.05) is 26.7 Å². The number of piperazine rings is 1. The summed E-state index contributed by atoms with van der Waals surface area (Å²) >= 11 is 0. The minimum absolute atomic E-state index is 0.294. The Morgan fingerprint density at radius 3 is 2.76 bits per heavy atom. The van der Waals surface area contributed by atoms with Gasteiger partial charge in [0, 0.05) is 31.1 Å². The molecule has 1 aliphatic rings. The van der Waals surface area contributed by atoms with Crippen LogP contribution in [0.5, 0.6) is 5.75 Å². The fourth-order valence-electron chi connectivity index (χ4n) is 4.82. The first-order valence-corrected chi connectivity index (χ1v) is 11.7. The van der Waals surface area contributed by atoms with Crippen LogP contribution < -0.4 is 0 Å². The van der Waals surface area contributed by atoms with Gasteiger partial charge in [0.2, 0.25) is 5.82 Å². The van der Waals surface area contributed by atoms with Crippen LogP contribution in [0.4, 0.5) is 0 Å². The fraction of sp³-hybridized carbons (Fsp3) is 0.400. The zero-order chi connectivity index (χ0) is 22.9. The highest BCUT2D eigenvalue weighted by Crippen LogP contribution is 2.32. The van der Waals surface area contributed by atoms with Gasteiger partial charge in [0.15, 0.2) is 0 Å². The number of benzene rings is 2. The molecule has 3 N–H and O–H groups in total. The summed E-state index contributed by atoms with van der Waals surface area (Å²) in [5.41, 5.74) is 5.01. The quantitative estimate of drug-likeness (QED) is 0.418. The molecule has 172 valence electrons. The Kier molecular flexibility index (Phi) is 5.86. The van der Waals surface area contributed by atoms with E-state index in [9.17, 15) is 5.11 Å². The molecule has 0 bridgehead atoms. The number of aromatic nitrogens is 5. The van der Waals surface area contributed by atoms with E-state index in [1.165, 1.54) is 0 Å². The Balaban J connectivity index is 1.40. The highest BCUT2D eigenvalue weighted by Gasteiger charge is 2.25. The molecule has 4 aromatic rings. The van der Waals surface area contributed by atoms with Gasteiger partial charge in [-0.2, -0.15) is 10.2 Å². The molecule has 33 heavy (non-hydrogen) atoms. The summed E-state index contributed by atoms with van der Waals surface area (Å²) < 4.78 is 0. The van der Waals surface area contributed by atoms with E-state index in [1.54, 1.807) is 6.07 Å². The molecule has 0 saturated carbocycles. The number of aryl methyl sites for hydroxylation is 1. The third-order valence-electron chi connectivity index (χ3n) is 6.72. The predicted octanol–water partition coefficient (Wildman–Crippen LogP) is 3.81. The number of likely N-dealkylation sites (N-methyl/N-ethyl adjacent to an activating group) is 1. The van der Waals surface area contributed by atoms with Crippen molar-refractivity contribution in [3.05, 3.63) is 47.8 Å². The minimum atomic E-state index is 0.294. The number of hydrogen-bond donors (Lipinski definition) is 3. The molecule has 2 aromatic heterocycles. The SMILES string of the molecule is CCc1cc(O)ccc1-c1ccc2c(-c3n[nH]c(CN4CCN(C)C[C@H]4CC)n3)n[nH]c2c1. The van der Waals surface area contributed by atoms with Crippen LogP contribution in [-0.4, -0.2) is 73.0 Å². The first-order valence-electron chi connectivity index (χ1n) is 11.7. The van der Waals surface area contributed by atoms with Gasteiger partial charge < -0.3 is 10.0 Å². The van der Waals surface area contributed by atoms with Crippen molar-refractivity contribution in [1.29, 1.82) is 0 Å². The number of nitrogens with zero attached hydrogens (tertiary/aromatic N) is 5. The number of aromatic amines is 2. The van der Waals surface area contributed by atoms with Crippen LogP contribution in [0.25, 0.3) is 33.5 Å². The average Bonchev–Trinajstić information content (AvgIpc) is 3.46. The maximum atomic E-state index is 9.82. The first-order chi connectivity index (χ1) is 16.1. The molecule has 5 rings (SSSR count). The topological polar surface area (TPSA) is 97.0 Å². The molecule has 0 unspecified atom stereocenters. The van der Waals surface area contributed by atoms with Gasteiger partial charge in [-0.05, 0) is 60.8 Å². The van der Waals surface area contributed by atoms with E-state index in [1.807, 2.05) is 12.1 Å². The predicted molar refractivity (Wildman–Crippen MR) is 130 cm³/mol. The van der Waals surface area contributed by atoms with E-state index < -0.39 is 0 Å². The maximum Gasteiger partial charge on any atom is 0.202 e. The van der Waals surface area contributed by atoms with Crippen molar-refractivity contribution in [3.63, 3.8) is 0 Å². The number of nitrogens with one attached hydrogen (secondary N) is 2. The van der Waals surface area contributed by atoms with E-state index >= 15 is 0 Å². The van der Waals surface area contributed by atoms with Gasteiger partial charge in [-0.25, -0.2) is 4.98 Å². The van der Waals surface area contributed by atoms with Crippen molar-refractivity contribution >= 4 is 10.9 Å². The van der Waals surface area contributed by atoms with Crippen LogP contribution in [0.3, 0.4) is 0 Å². The van der Waals surface area contributed by atoms with Crippen LogP contribution >= 0.6 is 0 Å². The monoisotopic (exact) mass is 445 g/mol. The molecule has 3 heterocycles. The second-order valence-corrected chi connectivity index (χ2v) is 8.93. The van der Waals surface area contributed by atoms with Crippen molar-refractivity contribution in [2.24, 2.45) is 0 Å². The molecule has 0 spiro atoms. The zero-order valence-corrected chi connectivity index (χ0v) is 19.5. The minimum Gasteiger partial charge on any atom is -0.508 e. The number of phenolic OH excluding ortho intramolecular Hbond substituents is 1. The van der Waals surface area contributed by atoms with E-state index in [2.05, 4.69) is 69.3 Å². The highest BCUT2D eigenvalue weighted by atomic mass is 16.3. The Labute approximate surface area is 193 Å². The van der Waals surface area contributed by atoms with Gasteiger partial charge in [-0.3, -0.25) is 15.1 Å². The van der Waals surface area contributed by atoms with E-state index in [-0.39, 0.29) is 0 Å². The van der Waals surface area contributed by atoms with Gasteiger partial charge in [-0.1, -0.05) is 26.0 Å². The summed E-state index contributed by atoms with van der Waals surface area (Å²) in [7, 11) is 2.19. The molecule has 1 fully saturated rings. The zero-order valence-electron chi connectivity index (χ0n) is 19.5. The summed E-state index contributed by atoms with van der Waals surface area (Å²) in [6.07, 6.45) is 1.97. The Bertz CT molecular complexity index is 1260. The molecule has 0 aliphatic carbocycles. The Morgan fingerprint density at radius 1 is 1.06 bits per heavy atom. The largest absolute Gasteiger partial charge is 0.508 e. The standard InChI is InChI=1S/C25H31N7O/c1-4-16-12-19(33)7-9-20(16)17-6-8-21-22(13-17)27-29-24(21)25-26-23(28-30-25)15-32-11-10-31(3)14-18(32)5-2/h6-9,12-13,18,33H,4-5,10-11,14-15H2,1-3H3,(H,27,29)(H,26,28,30)/t18-/m1/s1. The summed E-state index contributed by atoms with van der Waals surface area (Å²) in [5.74, 6) is 1.78. The molecule has 8 heteroatoms. The third kappa shape index (κ3) is 4.24. The molecule has 1 aliphatic heterocycles. The number of fused-ring (bicyclic) bond motifs is 1. The molecule has 0 amide bonds. The number of rotatable bonds is 6. The second kappa shape index (κ2) is 8.96. The van der Waals surface area contributed by atoms with Gasteiger partial charge >= 0.3 is 0 Å². The lowest BCUT2D eigenvalue weighted by molar-refractivity contribution is 0.0791. The van der Waals surface area contributed by atoms with Crippen LogP contribution in [-0.2, 0) is 13.0 Å². The first kappa shape index (κ1) is 21.6. The lowest BCUT2D eigenvalue weighted by Crippen LogP contribution is -2.51. The van der Waals surface area contributed by atoms with E-state index in [0.717, 1.165) is 78.1 Å². The lowest BCUT2D eigenvalue weighted by atomic mass is 9.97. The summed E-state index contributed by atoms with van der Waals surface area (Å²) in [4.78, 5) is 9.65. The summed E-state index contributed by atoms with van der Waals surface area (Å²) in [5, 5.41) is 26.1. The van der Waals surface area contributed by atoms with Gasteiger partial charge in [0.25, 0.3) is 0 Å². The Hall–Kier alpha value is -3.23. The highest BCUT2D eigenvalue weighted by molar-refractivity contribution is 5.94. The number of H-pyrrole nitrogens is 2. The molecule has 8 nitrogen and oxygen atoms in total. The van der Waals surface area contributed by atoms with Gasteiger partial charge in [0.1, 0.15) is 17.3 Å². The molecule has 2 aromatic carbocycles. The normalized spacial score (nSPS) is 17.7. The van der Waals surface area contributed by atoms with Crippen LogP contribution in [0.1, 0.15) is 31.7 Å². The van der Waals surface area contributed by atoms with Gasteiger partial charge in [0.05, 0.1) is 12.1 Å². The van der Waals surface area contributed by atoms with Crippen molar-refractivity contribution in [3.8, 4) is 28.4 Å². The maximum absolute atomic E-state index is 9.82. The lowest BCUT2D eigenvalue weighted by Gasteiger charge is -2.39. The van der Waals surface area contributed by atoms with E-state index in [0.29, 0.717) is 17.6 Å². The number of aromatic hydroxyl groups is 1. The Morgan fingerprint density at radius 2 is 1.94 bits per heavy atom. The molecule has 0 radical (unpaired) electrons. The fourth-order valence-corrected chi connectivity index (χ4v) is 4.82. The van der Waals surface area contributed by atoms with Crippen molar-refractivity contribution < 1.29 is 5.11 Å². The smallest absolute Gasteiger partial charge is 0.202 e. The van der Waals surface area contributed by atoms with Crippen LogP contribution in [0.2, 0.25) is 0 Å². The number of hydrogen-bond acceptors (Lipinski definition) is 6. The summed E-state index contributed by atoms with van der Waals surface area (Å²) in [6.45, 7) is 8.31. The summed E-state index contributed by atoms with van der Waals surface area (Å²) in [6, 6.07) is 12.3. The van der Waals surface area contributed by atoms with Crippen LogP contribution in [0, 0.1) is 0 Å².